The molecule has 1 heterocycles. The number of hydrogen-bond donors (Lipinski definition) is 1. The molecule has 1 aliphatic rings. The highest BCUT2D eigenvalue weighted by Gasteiger charge is 2.21. The van der Waals surface area contributed by atoms with Crippen LogP contribution in [0.3, 0.4) is 0 Å². The van der Waals surface area contributed by atoms with Gasteiger partial charge in [-0.1, -0.05) is 0 Å². The van der Waals surface area contributed by atoms with Crippen LogP contribution in [0.25, 0.3) is 0 Å². The van der Waals surface area contributed by atoms with Crippen molar-refractivity contribution < 1.29 is 8.42 Å². The molecule has 0 spiro atoms. The highest BCUT2D eigenvalue weighted by molar-refractivity contribution is 7.89. The van der Waals surface area contributed by atoms with Gasteiger partial charge >= 0.3 is 0 Å². The largest absolute Gasteiger partial charge is 0.262 e. The highest BCUT2D eigenvalue weighted by atomic mass is 32.2. The zero-order valence-corrected chi connectivity index (χ0v) is 10.6. The minimum atomic E-state index is -3.62. The molecule has 1 aromatic carbocycles. The molecule has 1 aromatic rings. The molecule has 0 saturated carbocycles. The summed E-state index contributed by atoms with van der Waals surface area (Å²) in [7, 11) is -3.62. The zero-order valence-electron chi connectivity index (χ0n) is 9.79. The van der Waals surface area contributed by atoms with Crippen LogP contribution < -0.4 is 10.1 Å². The van der Waals surface area contributed by atoms with E-state index in [2.05, 4.69) is 12.0 Å². The maximum Gasteiger partial charge on any atom is 0.238 e. The van der Waals surface area contributed by atoms with Crippen LogP contribution in [0.5, 0.6) is 0 Å². The van der Waals surface area contributed by atoms with Crippen LogP contribution in [0.2, 0.25) is 0 Å². The number of nitrogens with zero attached hydrogens (tertiary/aromatic N) is 2. The lowest BCUT2D eigenvalue weighted by molar-refractivity contribution is 0.598. The minimum absolute atomic E-state index is 0.119. The Morgan fingerprint density at radius 1 is 1.35 bits per heavy atom. The Balaban J connectivity index is 2.31. The van der Waals surface area contributed by atoms with Crippen LogP contribution in [-0.4, -0.2) is 20.2 Å². The molecule has 0 amide bonds. The van der Waals surface area contributed by atoms with Crippen LogP contribution in [0.1, 0.15) is 20.3 Å². The van der Waals surface area contributed by atoms with Gasteiger partial charge in [0.25, 0.3) is 0 Å². The molecule has 1 atom stereocenters. The SMILES string of the molecule is CC1=NN(c2ccc(S(N)(=O)=O)cc2)C(C)C1. The van der Waals surface area contributed by atoms with E-state index in [1.807, 2.05) is 11.9 Å². The summed E-state index contributed by atoms with van der Waals surface area (Å²) in [6.45, 7) is 4.06. The maximum absolute atomic E-state index is 11.1. The first kappa shape index (κ1) is 12.1. The van der Waals surface area contributed by atoms with Gasteiger partial charge in [-0.15, -0.1) is 0 Å². The van der Waals surface area contributed by atoms with Gasteiger partial charge in [-0.25, -0.2) is 13.6 Å². The molecule has 17 heavy (non-hydrogen) atoms. The molecule has 0 aliphatic carbocycles. The van der Waals surface area contributed by atoms with E-state index in [1.54, 1.807) is 12.1 Å². The fraction of sp³-hybridized carbons (Fsp3) is 0.364. The topological polar surface area (TPSA) is 75.8 Å². The summed E-state index contributed by atoms with van der Waals surface area (Å²) in [6.07, 6.45) is 0.928. The predicted octanol–water partition coefficient (Wildman–Crippen LogP) is 1.31. The number of hydrogen-bond acceptors (Lipinski definition) is 4. The Hall–Kier alpha value is -1.40. The Morgan fingerprint density at radius 2 is 1.94 bits per heavy atom. The summed E-state index contributed by atoms with van der Waals surface area (Å²) in [4.78, 5) is 0.119. The fourth-order valence-corrected chi connectivity index (χ4v) is 2.45. The van der Waals surface area contributed by atoms with Gasteiger partial charge < -0.3 is 0 Å². The molecule has 1 unspecified atom stereocenters. The lowest BCUT2D eigenvalue weighted by Crippen LogP contribution is -2.22. The van der Waals surface area contributed by atoms with Gasteiger partial charge in [-0.2, -0.15) is 5.10 Å². The average Bonchev–Trinajstić information content (AvgIpc) is 2.57. The Bertz CT molecular complexity index is 549. The molecule has 0 radical (unpaired) electrons. The normalized spacial score (nSPS) is 20.5. The Labute approximate surface area is 101 Å². The molecule has 0 bridgehead atoms. The molecular formula is C11H15N3O2S. The van der Waals surface area contributed by atoms with E-state index in [-0.39, 0.29) is 4.90 Å². The van der Waals surface area contributed by atoms with Gasteiger partial charge in [0.15, 0.2) is 0 Å². The standard InChI is InChI=1S/C11H15N3O2S/c1-8-7-9(2)14(13-8)10-3-5-11(6-4-10)17(12,15)16/h3-6,9H,7H2,1-2H3,(H2,12,15,16). The van der Waals surface area contributed by atoms with Crippen molar-refractivity contribution in [2.45, 2.75) is 31.2 Å². The molecule has 1 aliphatic heterocycles. The maximum atomic E-state index is 11.1. The molecule has 92 valence electrons. The lowest BCUT2D eigenvalue weighted by Gasteiger charge is -2.20. The smallest absolute Gasteiger partial charge is 0.238 e. The third-order valence-electron chi connectivity index (χ3n) is 2.72. The van der Waals surface area contributed by atoms with Crippen molar-refractivity contribution in [2.75, 3.05) is 5.01 Å². The van der Waals surface area contributed by atoms with Crippen molar-refractivity contribution >= 4 is 21.4 Å². The molecule has 2 rings (SSSR count). The summed E-state index contributed by atoms with van der Waals surface area (Å²) in [5.41, 5.74) is 1.95. The summed E-state index contributed by atoms with van der Waals surface area (Å²) >= 11 is 0. The molecule has 6 heteroatoms. The molecule has 0 fully saturated rings. The number of sulfonamides is 1. The Kier molecular flexibility index (Phi) is 2.92. The first-order chi connectivity index (χ1) is 7.88. The molecule has 0 aromatic heterocycles. The van der Waals surface area contributed by atoms with Gasteiger partial charge in [-0.3, -0.25) is 5.01 Å². The molecule has 2 N–H and O–H groups in total. The van der Waals surface area contributed by atoms with E-state index in [0.717, 1.165) is 17.8 Å². The van der Waals surface area contributed by atoms with Crippen molar-refractivity contribution in [3.8, 4) is 0 Å². The van der Waals surface area contributed by atoms with Crippen molar-refractivity contribution in [3.63, 3.8) is 0 Å². The highest BCUT2D eigenvalue weighted by Crippen LogP contribution is 2.25. The van der Waals surface area contributed by atoms with Crippen LogP contribution >= 0.6 is 0 Å². The third kappa shape index (κ3) is 2.48. The molecule has 5 nitrogen and oxygen atoms in total. The van der Waals surface area contributed by atoms with Crippen LogP contribution in [0.4, 0.5) is 5.69 Å². The van der Waals surface area contributed by atoms with E-state index in [4.69, 9.17) is 5.14 Å². The first-order valence-electron chi connectivity index (χ1n) is 5.34. The summed E-state index contributed by atoms with van der Waals surface area (Å²) in [5.74, 6) is 0. The second-order valence-electron chi connectivity index (χ2n) is 4.27. The van der Waals surface area contributed by atoms with E-state index in [0.29, 0.717) is 6.04 Å². The zero-order chi connectivity index (χ0) is 12.6. The van der Waals surface area contributed by atoms with Gasteiger partial charge in [0.2, 0.25) is 10.0 Å². The van der Waals surface area contributed by atoms with Gasteiger partial charge in [0.05, 0.1) is 16.6 Å². The van der Waals surface area contributed by atoms with Crippen LogP contribution in [-0.2, 0) is 10.0 Å². The van der Waals surface area contributed by atoms with Crippen molar-refractivity contribution in [1.82, 2.24) is 0 Å². The fourth-order valence-electron chi connectivity index (χ4n) is 1.94. The number of hydrazone groups is 1. The van der Waals surface area contributed by atoms with Crippen molar-refractivity contribution in [3.05, 3.63) is 24.3 Å². The number of benzene rings is 1. The van der Waals surface area contributed by atoms with E-state index in [1.165, 1.54) is 12.1 Å². The van der Waals surface area contributed by atoms with Crippen molar-refractivity contribution in [1.29, 1.82) is 0 Å². The van der Waals surface area contributed by atoms with Crippen LogP contribution in [0, 0.1) is 0 Å². The lowest BCUT2D eigenvalue weighted by atomic mass is 10.2. The van der Waals surface area contributed by atoms with E-state index < -0.39 is 10.0 Å². The summed E-state index contributed by atoms with van der Waals surface area (Å²) in [5, 5.41) is 11.3. The summed E-state index contributed by atoms with van der Waals surface area (Å²) in [6, 6.07) is 6.74. The van der Waals surface area contributed by atoms with Gasteiger partial charge in [-0.05, 0) is 38.1 Å². The second kappa shape index (κ2) is 4.12. The quantitative estimate of drug-likeness (QED) is 0.863. The van der Waals surface area contributed by atoms with Crippen LogP contribution in [0.15, 0.2) is 34.3 Å². The summed E-state index contributed by atoms with van der Waals surface area (Å²) < 4.78 is 22.2. The Morgan fingerprint density at radius 3 is 2.35 bits per heavy atom. The molecule has 0 saturated heterocycles. The van der Waals surface area contributed by atoms with E-state index >= 15 is 0 Å². The molecular weight excluding hydrogens is 238 g/mol. The number of nitrogens with two attached hydrogens (primary N) is 1. The van der Waals surface area contributed by atoms with Crippen molar-refractivity contribution in [2.24, 2.45) is 10.2 Å². The van der Waals surface area contributed by atoms with E-state index in [9.17, 15) is 8.42 Å². The van der Waals surface area contributed by atoms with Gasteiger partial charge in [0.1, 0.15) is 0 Å². The third-order valence-corrected chi connectivity index (χ3v) is 3.65. The number of primary sulfonamides is 1. The first-order valence-corrected chi connectivity index (χ1v) is 6.89. The number of rotatable bonds is 2. The second-order valence-corrected chi connectivity index (χ2v) is 5.83. The minimum Gasteiger partial charge on any atom is -0.262 e. The average molecular weight is 253 g/mol. The monoisotopic (exact) mass is 253 g/mol. The number of anilines is 1. The van der Waals surface area contributed by atoms with Gasteiger partial charge in [0, 0.05) is 12.1 Å². The predicted molar refractivity (Wildman–Crippen MR) is 67.5 cm³/mol.